The van der Waals surface area contributed by atoms with Gasteiger partial charge in [-0.1, -0.05) is 25.7 Å². The highest BCUT2D eigenvalue weighted by atomic mass is 16.3. The van der Waals surface area contributed by atoms with Gasteiger partial charge in [-0.15, -0.1) is 0 Å². The van der Waals surface area contributed by atoms with Crippen LogP contribution in [-0.2, 0) is 9.59 Å². The molecule has 2 aliphatic carbocycles. The zero-order chi connectivity index (χ0) is 17.2. The van der Waals surface area contributed by atoms with Crippen molar-refractivity contribution in [3.05, 3.63) is 24.2 Å². The van der Waals surface area contributed by atoms with Crippen LogP contribution in [0.15, 0.2) is 22.8 Å². The van der Waals surface area contributed by atoms with Crippen LogP contribution in [0.2, 0.25) is 0 Å². The Bertz CT molecular complexity index is 598. The highest BCUT2D eigenvalue weighted by molar-refractivity contribution is 5.83. The predicted octanol–water partition coefficient (Wildman–Crippen LogP) is 3.02. The summed E-state index contributed by atoms with van der Waals surface area (Å²) >= 11 is 0. The maximum Gasteiger partial charge on any atom is 0.226 e. The zero-order valence-electron chi connectivity index (χ0n) is 14.9. The van der Waals surface area contributed by atoms with E-state index in [1.165, 1.54) is 25.7 Å². The zero-order valence-corrected chi connectivity index (χ0v) is 14.9. The second kappa shape index (κ2) is 7.22. The van der Waals surface area contributed by atoms with Crippen molar-refractivity contribution in [3.63, 3.8) is 0 Å². The van der Waals surface area contributed by atoms with Gasteiger partial charge >= 0.3 is 0 Å². The lowest BCUT2D eigenvalue weighted by Crippen LogP contribution is -2.51. The van der Waals surface area contributed by atoms with Crippen LogP contribution >= 0.6 is 0 Å². The van der Waals surface area contributed by atoms with E-state index in [4.69, 9.17) is 4.42 Å². The van der Waals surface area contributed by atoms with Crippen molar-refractivity contribution in [2.75, 3.05) is 26.2 Å². The number of amides is 2. The summed E-state index contributed by atoms with van der Waals surface area (Å²) < 4.78 is 5.42. The van der Waals surface area contributed by atoms with Gasteiger partial charge in [-0.05, 0) is 30.9 Å². The van der Waals surface area contributed by atoms with Gasteiger partial charge in [-0.3, -0.25) is 9.59 Å². The molecule has 5 nitrogen and oxygen atoms in total. The van der Waals surface area contributed by atoms with Crippen LogP contribution in [0, 0.1) is 11.8 Å². The van der Waals surface area contributed by atoms with Crippen LogP contribution in [0.3, 0.4) is 0 Å². The van der Waals surface area contributed by atoms with Gasteiger partial charge in [0.05, 0.1) is 6.26 Å². The average molecular weight is 344 g/mol. The van der Waals surface area contributed by atoms with E-state index in [0.29, 0.717) is 32.6 Å². The third-order valence-electron chi connectivity index (χ3n) is 6.20. The molecule has 2 atom stereocenters. The summed E-state index contributed by atoms with van der Waals surface area (Å²) in [6.07, 6.45) is 9.56. The lowest BCUT2D eigenvalue weighted by Gasteiger charge is -2.35. The summed E-state index contributed by atoms with van der Waals surface area (Å²) in [7, 11) is 0. The number of hydrogen-bond acceptors (Lipinski definition) is 3. The Morgan fingerprint density at radius 2 is 1.80 bits per heavy atom. The van der Waals surface area contributed by atoms with Gasteiger partial charge in [0, 0.05) is 44.4 Å². The van der Waals surface area contributed by atoms with Gasteiger partial charge in [0.1, 0.15) is 5.76 Å². The summed E-state index contributed by atoms with van der Waals surface area (Å²) in [5.74, 6) is 2.54. The minimum Gasteiger partial charge on any atom is -0.469 e. The topological polar surface area (TPSA) is 53.8 Å². The number of piperazine rings is 1. The Kier molecular flexibility index (Phi) is 4.82. The molecule has 1 saturated heterocycles. The van der Waals surface area contributed by atoms with Gasteiger partial charge in [-0.2, -0.15) is 0 Å². The first kappa shape index (κ1) is 16.7. The molecule has 4 rings (SSSR count). The molecule has 5 heteroatoms. The van der Waals surface area contributed by atoms with Crippen LogP contribution in [0.1, 0.15) is 56.6 Å². The summed E-state index contributed by atoms with van der Waals surface area (Å²) in [6.45, 7) is 2.73. The Morgan fingerprint density at radius 3 is 2.48 bits per heavy atom. The first-order valence-corrected chi connectivity index (χ1v) is 9.82. The van der Waals surface area contributed by atoms with E-state index >= 15 is 0 Å². The Labute approximate surface area is 149 Å². The molecule has 1 aromatic rings. The van der Waals surface area contributed by atoms with E-state index in [0.717, 1.165) is 24.5 Å². The Balaban J connectivity index is 1.20. The largest absolute Gasteiger partial charge is 0.469 e. The van der Waals surface area contributed by atoms with Gasteiger partial charge in [0.25, 0.3) is 0 Å². The second-order valence-electron chi connectivity index (χ2n) is 7.86. The van der Waals surface area contributed by atoms with Crippen molar-refractivity contribution >= 4 is 11.8 Å². The standard InChI is InChI=1S/C20H28N2O3/c23-19(8-7-15-4-1-2-5-15)21-9-11-22(12-10-21)20(24)17-14-16(17)18-6-3-13-25-18/h3,6,13,15-17H,1-2,4-5,7-12,14H2/t16-,17+/m1/s1. The van der Waals surface area contributed by atoms with E-state index in [9.17, 15) is 9.59 Å². The summed E-state index contributed by atoms with van der Waals surface area (Å²) in [5, 5.41) is 0. The quantitative estimate of drug-likeness (QED) is 0.825. The van der Waals surface area contributed by atoms with Gasteiger partial charge < -0.3 is 14.2 Å². The molecule has 0 radical (unpaired) electrons. The molecule has 1 aromatic heterocycles. The molecule has 3 aliphatic rings. The van der Waals surface area contributed by atoms with E-state index < -0.39 is 0 Å². The molecule has 2 saturated carbocycles. The Morgan fingerprint density at radius 1 is 1.08 bits per heavy atom. The smallest absolute Gasteiger partial charge is 0.226 e. The second-order valence-corrected chi connectivity index (χ2v) is 7.86. The normalized spacial score (nSPS) is 26.9. The summed E-state index contributed by atoms with van der Waals surface area (Å²) in [6, 6.07) is 3.84. The van der Waals surface area contributed by atoms with Crippen molar-refractivity contribution < 1.29 is 14.0 Å². The third kappa shape index (κ3) is 3.75. The molecule has 25 heavy (non-hydrogen) atoms. The first-order chi connectivity index (χ1) is 12.2. The van der Waals surface area contributed by atoms with E-state index in [1.54, 1.807) is 6.26 Å². The number of carbonyl (C=O) groups is 2. The van der Waals surface area contributed by atoms with Crippen molar-refractivity contribution in [2.45, 2.75) is 50.9 Å². The molecule has 0 aromatic carbocycles. The van der Waals surface area contributed by atoms with Crippen molar-refractivity contribution in [1.29, 1.82) is 0 Å². The first-order valence-electron chi connectivity index (χ1n) is 9.82. The highest BCUT2D eigenvalue weighted by Gasteiger charge is 2.47. The number of nitrogens with zero attached hydrogens (tertiary/aromatic N) is 2. The molecule has 0 bridgehead atoms. The van der Waals surface area contributed by atoms with Gasteiger partial charge in [0.2, 0.25) is 11.8 Å². The van der Waals surface area contributed by atoms with Gasteiger partial charge in [0.15, 0.2) is 0 Å². The van der Waals surface area contributed by atoms with E-state index in [2.05, 4.69) is 0 Å². The minimum absolute atomic E-state index is 0.0794. The summed E-state index contributed by atoms with van der Waals surface area (Å²) in [5.41, 5.74) is 0. The van der Waals surface area contributed by atoms with Gasteiger partial charge in [-0.25, -0.2) is 0 Å². The number of rotatable bonds is 5. The molecule has 0 N–H and O–H groups in total. The fourth-order valence-corrected chi connectivity index (χ4v) is 4.48. The number of carbonyl (C=O) groups excluding carboxylic acids is 2. The van der Waals surface area contributed by atoms with Crippen molar-refractivity contribution in [1.82, 2.24) is 9.80 Å². The maximum atomic E-state index is 12.6. The molecule has 2 heterocycles. The molecule has 2 amide bonds. The van der Waals surface area contributed by atoms with E-state index in [1.807, 2.05) is 21.9 Å². The van der Waals surface area contributed by atoms with Crippen LogP contribution in [0.5, 0.6) is 0 Å². The molecule has 3 fully saturated rings. The SMILES string of the molecule is O=C(CCC1CCCC1)N1CCN(C(=O)[C@H]2C[C@H]2c2ccco2)CC1. The maximum absolute atomic E-state index is 12.6. The lowest BCUT2D eigenvalue weighted by atomic mass is 10.0. The molecule has 0 unspecified atom stereocenters. The fourth-order valence-electron chi connectivity index (χ4n) is 4.48. The molecule has 136 valence electrons. The minimum atomic E-state index is 0.0794. The predicted molar refractivity (Wildman–Crippen MR) is 93.9 cm³/mol. The molecule has 1 aliphatic heterocycles. The fraction of sp³-hybridized carbons (Fsp3) is 0.700. The van der Waals surface area contributed by atoms with Crippen LogP contribution in [-0.4, -0.2) is 47.8 Å². The van der Waals surface area contributed by atoms with Crippen LogP contribution in [0.25, 0.3) is 0 Å². The summed E-state index contributed by atoms with van der Waals surface area (Å²) in [4.78, 5) is 28.9. The molecular weight excluding hydrogens is 316 g/mol. The lowest BCUT2D eigenvalue weighted by molar-refractivity contribution is -0.140. The monoisotopic (exact) mass is 344 g/mol. The molecule has 0 spiro atoms. The number of furan rings is 1. The highest BCUT2D eigenvalue weighted by Crippen LogP contribution is 2.48. The van der Waals surface area contributed by atoms with E-state index in [-0.39, 0.29) is 23.7 Å². The van der Waals surface area contributed by atoms with Crippen LogP contribution in [0.4, 0.5) is 0 Å². The van der Waals surface area contributed by atoms with Crippen molar-refractivity contribution in [3.8, 4) is 0 Å². The third-order valence-corrected chi connectivity index (χ3v) is 6.20. The molecular formula is C20H28N2O3. The Hall–Kier alpha value is -1.78. The number of hydrogen-bond donors (Lipinski definition) is 0. The van der Waals surface area contributed by atoms with Crippen molar-refractivity contribution in [2.24, 2.45) is 11.8 Å². The average Bonchev–Trinajstić information content (AvgIpc) is 3.06. The van der Waals surface area contributed by atoms with Crippen LogP contribution < -0.4 is 0 Å².